The van der Waals surface area contributed by atoms with Crippen LogP contribution in [0.15, 0.2) is 24.5 Å². The third-order valence-corrected chi connectivity index (χ3v) is 3.68. The van der Waals surface area contributed by atoms with E-state index in [2.05, 4.69) is 25.3 Å². The molecule has 0 radical (unpaired) electrons. The average Bonchev–Trinajstić information content (AvgIpc) is 2.98. The summed E-state index contributed by atoms with van der Waals surface area (Å²) in [6.45, 7) is 4.97. The molecule has 3 rings (SSSR count). The van der Waals surface area contributed by atoms with Crippen LogP contribution in [0.1, 0.15) is 30.8 Å². The van der Waals surface area contributed by atoms with E-state index in [-0.39, 0.29) is 11.8 Å². The third kappa shape index (κ3) is 3.19. The van der Waals surface area contributed by atoms with Gasteiger partial charge in [0, 0.05) is 50.1 Å². The predicted molar refractivity (Wildman–Crippen MR) is 81.7 cm³/mol. The summed E-state index contributed by atoms with van der Waals surface area (Å²) in [6.07, 6.45) is 4.24. The second-order valence-corrected chi connectivity index (χ2v) is 5.40. The van der Waals surface area contributed by atoms with Crippen LogP contribution in [-0.2, 0) is 4.79 Å². The van der Waals surface area contributed by atoms with Crippen LogP contribution < -0.4 is 5.32 Å². The maximum Gasteiger partial charge on any atom is 0.228 e. The van der Waals surface area contributed by atoms with Crippen LogP contribution in [0.2, 0.25) is 0 Å². The van der Waals surface area contributed by atoms with E-state index >= 15 is 0 Å². The summed E-state index contributed by atoms with van der Waals surface area (Å²) in [5, 5.41) is 3.09. The largest absolute Gasteiger partial charge is 0.342 e. The number of carbonyl (C=O) groups is 1. The summed E-state index contributed by atoms with van der Waals surface area (Å²) in [4.78, 5) is 30.6. The first-order valence-corrected chi connectivity index (χ1v) is 7.27. The van der Waals surface area contributed by atoms with Crippen LogP contribution >= 0.6 is 0 Å². The minimum absolute atomic E-state index is 0.103. The highest BCUT2D eigenvalue weighted by Crippen LogP contribution is 2.26. The highest BCUT2D eigenvalue weighted by atomic mass is 16.2. The fourth-order valence-electron chi connectivity index (χ4n) is 2.57. The first-order chi connectivity index (χ1) is 10.6. The van der Waals surface area contributed by atoms with Gasteiger partial charge in [-0.1, -0.05) is 0 Å². The molecule has 22 heavy (non-hydrogen) atoms. The molecule has 1 aliphatic rings. The molecular weight excluding hydrogens is 280 g/mol. The van der Waals surface area contributed by atoms with Crippen molar-refractivity contribution in [2.75, 3.05) is 18.4 Å². The van der Waals surface area contributed by atoms with Crippen molar-refractivity contribution in [1.82, 2.24) is 24.8 Å². The predicted octanol–water partition coefficient (Wildman–Crippen LogP) is 1.65. The lowest BCUT2D eigenvalue weighted by atomic mass is 10.1. The van der Waals surface area contributed by atoms with E-state index < -0.39 is 0 Å². The number of amides is 1. The molecule has 1 N–H and O–H groups in total. The van der Waals surface area contributed by atoms with E-state index in [1.54, 1.807) is 25.4 Å². The van der Waals surface area contributed by atoms with Gasteiger partial charge in [-0.25, -0.2) is 19.9 Å². The standard InChI is InChI=1S/C15H18N6O/c1-10-8-13(20-15-16-5-3-6-17-15)19-14(18-10)12-4-7-21(9-12)11(2)22/h3,5-6,8,12H,4,7,9H2,1-2H3,(H,16,17,18,19,20)/t12-/m0/s1. The number of aromatic nitrogens is 4. The third-order valence-electron chi connectivity index (χ3n) is 3.68. The Bertz CT molecular complexity index is 675. The van der Waals surface area contributed by atoms with E-state index in [9.17, 15) is 4.79 Å². The van der Waals surface area contributed by atoms with Gasteiger partial charge in [0.15, 0.2) is 0 Å². The molecule has 0 spiro atoms. The molecule has 114 valence electrons. The quantitative estimate of drug-likeness (QED) is 0.927. The van der Waals surface area contributed by atoms with Crippen LogP contribution in [0.3, 0.4) is 0 Å². The van der Waals surface area contributed by atoms with Crippen LogP contribution in [0, 0.1) is 6.92 Å². The molecule has 0 aliphatic carbocycles. The van der Waals surface area contributed by atoms with Crippen LogP contribution in [0.5, 0.6) is 0 Å². The minimum atomic E-state index is 0.103. The Morgan fingerprint density at radius 1 is 1.32 bits per heavy atom. The lowest BCUT2D eigenvalue weighted by molar-refractivity contribution is -0.127. The molecule has 0 saturated carbocycles. The zero-order valence-electron chi connectivity index (χ0n) is 12.7. The van der Waals surface area contributed by atoms with Gasteiger partial charge >= 0.3 is 0 Å². The Labute approximate surface area is 128 Å². The highest BCUT2D eigenvalue weighted by molar-refractivity contribution is 5.73. The van der Waals surface area contributed by atoms with Crippen molar-refractivity contribution in [3.63, 3.8) is 0 Å². The fourth-order valence-corrected chi connectivity index (χ4v) is 2.57. The molecule has 1 amide bonds. The van der Waals surface area contributed by atoms with Gasteiger partial charge in [0.05, 0.1) is 0 Å². The van der Waals surface area contributed by atoms with Gasteiger partial charge in [-0.2, -0.15) is 0 Å². The van der Waals surface area contributed by atoms with E-state index in [1.165, 1.54) is 0 Å². The fraction of sp³-hybridized carbons (Fsp3) is 0.400. The molecule has 2 aromatic rings. The van der Waals surface area contributed by atoms with Gasteiger partial charge in [0.2, 0.25) is 11.9 Å². The summed E-state index contributed by atoms with van der Waals surface area (Å²) in [5.41, 5.74) is 0.879. The normalized spacial score (nSPS) is 17.5. The molecule has 1 atom stereocenters. The van der Waals surface area contributed by atoms with Gasteiger partial charge < -0.3 is 10.2 Å². The first kappa shape index (κ1) is 14.4. The van der Waals surface area contributed by atoms with Crippen LogP contribution in [-0.4, -0.2) is 43.8 Å². The molecule has 0 bridgehead atoms. The summed E-state index contributed by atoms with van der Waals surface area (Å²) < 4.78 is 0. The summed E-state index contributed by atoms with van der Waals surface area (Å²) in [6, 6.07) is 3.62. The Morgan fingerprint density at radius 3 is 2.77 bits per heavy atom. The van der Waals surface area contributed by atoms with Crippen molar-refractivity contribution in [1.29, 1.82) is 0 Å². The molecule has 0 unspecified atom stereocenters. The minimum Gasteiger partial charge on any atom is -0.342 e. The van der Waals surface area contributed by atoms with Gasteiger partial charge in [0.25, 0.3) is 0 Å². The van der Waals surface area contributed by atoms with Crippen molar-refractivity contribution >= 4 is 17.7 Å². The molecule has 3 heterocycles. The molecule has 1 aliphatic heterocycles. The van der Waals surface area contributed by atoms with Crippen molar-refractivity contribution in [2.45, 2.75) is 26.2 Å². The summed E-state index contributed by atoms with van der Waals surface area (Å²) in [7, 11) is 0. The van der Waals surface area contributed by atoms with Crippen molar-refractivity contribution in [3.05, 3.63) is 36.0 Å². The Morgan fingerprint density at radius 2 is 2.09 bits per heavy atom. The number of anilines is 2. The number of nitrogens with one attached hydrogen (secondary N) is 1. The zero-order valence-corrected chi connectivity index (χ0v) is 12.7. The lowest BCUT2D eigenvalue weighted by Crippen LogP contribution is -2.25. The number of hydrogen-bond acceptors (Lipinski definition) is 6. The molecule has 2 aromatic heterocycles. The van der Waals surface area contributed by atoms with Gasteiger partial charge in [0.1, 0.15) is 11.6 Å². The zero-order chi connectivity index (χ0) is 15.5. The number of carbonyl (C=O) groups excluding carboxylic acids is 1. The second kappa shape index (κ2) is 6.05. The number of nitrogens with zero attached hydrogens (tertiary/aromatic N) is 5. The topological polar surface area (TPSA) is 83.9 Å². The molecule has 7 heteroatoms. The monoisotopic (exact) mass is 298 g/mol. The number of rotatable bonds is 3. The van der Waals surface area contributed by atoms with Gasteiger partial charge in [-0.3, -0.25) is 4.79 Å². The number of aryl methyl sites for hydroxylation is 1. The summed E-state index contributed by atoms with van der Waals surface area (Å²) in [5.74, 6) is 2.23. The molecule has 1 saturated heterocycles. The van der Waals surface area contributed by atoms with Crippen molar-refractivity contribution < 1.29 is 4.79 Å². The maximum absolute atomic E-state index is 11.5. The maximum atomic E-state index is 11.5. The Balaban J connectivity index is 1.80. The highest BCUT2D eigenvalue weighted by Gasteiger charge is 2.27. The number of likely N-dealkylation sites (tertiary alicyclic amines) is 1. The van der Waals surface area contributed by atoms with Crippen LogP contribution in [0.4, 0.5) is 11.8 Å². The SMILES string of the molecule is CC(=O)N1CC[C@H](c2nc(C)cc(Nc3ncccn3)n2)C1. The molecule has 0 aromatic carbocycles. The van der Waals surface area contributed by atoms with Crippen molar-refractivity contribution in [2.24, 2.45) is 0 Å². The average molecular weight is 298 g/mol. The van der Waals surface area contributed by atoms with Gasteiger partial charge in [-0.15, -0.1) is 0 Å². The van der Waals surface area contributed by atoms with E-state index in [0.717, 1.165) is 24.5 Å². The molecular formula is C15H18N6O. The Kier molecular flexibility index (Phi) is 3.95. The smallest absolute Gasteiger partial charge is 0.228 e. The van der Waals surface area contributed by atoms with E-state index in [4.69, 9.17) is 0 Å². The summed E-state index contributed by atoms with van der Waals surface area (Å²) >= 11 is 0. The molecule has 1 fully saturated rings. The lowest BCUT2D eigenvalue weighted by Gasteiger charge is -2.14. The first-order valence-electron chi connectivity index (χ1n) is 7.27. The van der Waals surface area contributed by atoms with Crippen molar-refractivity contribution in [3.8, 4) is 0 Å². The number of hydrogen-bond donors (Lipinski definition) is 1. The van der Waals surface area contributed by atoms with Gasteiger partial charge in [-0.05, 0) is 19.4 Å². The molecule has 7 nitrogen and oxygen atoms in total. The second-order valence-electron chi connectivity index (χ2n) is 5.40. The Hall–Kier alpha value is -2.57. The van der Waals surface area contributed by atoms with E-state index in [1.807, 2.05) is 17.9 Å². The van der Waals surface area contributed by atoms with Crippen LogP contribution in [0.25, 0.3) is 0 Å². The van der Waals surface area contributed by atoms with E-state index in [0.29, 0.717) is 18.3 Å².